The maximum atomic E-state index is 12.3. The first-order valence-corrected chi connectivity index (χ1v) is 9.09. The smallest absolute Gasteiger partial charge is 0.240 e. The highest BCUT2D eigenvalue weighted by molar-refractivity contribution is 7.89. The van der Waals surface area contributed by atoms with Gasteiger partial charge in [-0.15, -0.1) is 0 Å². The summed E-state index contributed by atoms with van der Waals surface area (Å²) in [5.41, 5.74) is 0.936. The van der Waals surface area contributed by atoms with Gasteiger partial charge in [0.05, 0.1) is 4.90 Å². The number of sulfonamides is 1. The fourth-order valence-corrected chi connectivity index (χ4v) is 3.75. The molecule has 1 unspecified atom stereocenters. The predicted molar refractivity (Wildman–Crippen MR) is 86.0 cm³/mol. The third-order valence-corrected chi connectivity index (χ3v) is 5.36. The zero-order chi connectivity index (χ0) is 15.3. The first kappa shape index (κ1) is 16.3. The van der Waals surface area contributed by atoms with Crippen LogP contribution in [0.3, 0.4) is 0 Å². The molecule has 0 aliphatic carbocycles. The van der Waals surface area contributed by atoms with E-state index in [1.807, 2.05) is 6.92 Å². The Kier molecular flexibility index (Phi) is 5.61. The van der Waals surface area contributed by atoms with Gasteiger partial charge < -0.3 is 10.2 Å². The number of rotatable bonds is 7. The van der Waals surface area contributed by atoms with Crippen LogP contribution in [0, 0.1) is 5.92 Å². The summed E-state index contributed by atoms with van der Waals surface area (Å²) in [7, 11) is -3.40. The Morgan fingerprint density at radius 2 is 1.95 bits per heavy atom. The van der Waals surface area contributed by atoms with E-state index in [-0.39, 0.29) is 0 Å². The lowest BCUT2D eigenvalue weighted by atomic mass is 10.1. The van der Waals surface area contributed by atoms with Crippen LogP contribution in [-0.2, 0) is 10.0 Å². The minimum atomic E-state index is -3.40. The van der Waals surface area contributed by atoms with E-state index in [1.165, 1.54) is 0 Å². The Bertz CT molecular complexity index is 543. The summed E-state index contributed by atoms with van der Waals surface area (Å²) in [6.07, 6.45) is 1.07. The van der Waals surface area contributed by atoms with E-state index in [1.54, 1.807) is 24.3 Å². The molecule has 0 aromatic heterocycles. The fraction of sp³-hybridized carbons (Fsp3) is 0.600. The molecule has 0 amide bonds. The number of nitrogens with one attached hydrogen (secondary N) is 2. The van der Waals surface area contributed by atoms with Crippen LogP contribution < -0.4 is 10.0 Å². The van der Waals surface area contributed by atoms with Crippen molar-refractivity contribution in [3.63, 3.8) is 0 Å². The Labute approximate surface area is 127 Å². The van der Waals surface area contributed by atoms with E-state index in [0.717, 1.165) is 38.3 Å². The van der Waals surface area contributed by atoms with E-state index in [9.17, 15) is 8.42 Å². The van der Waals surface area contributed by atoms with E-state index in [4.69, 9.17) is 0 Å². The normalized spacial score (nSPS) is 19.8. The van der Waals surface area contributed by atoms with Crippen LogP contribution >= 0.6 is 0 Å². The van der Waals surface area contributed by atoms with Crippen LogP contribution in [0.4, 0.5) is 5.69 Å². The number of nitrogens with zero attached hydrogens (tertiary/aromatic N) is 1. The highest BCUT2D eigenvalue weighted by Gasteiger charge is 2.23. The van der Waals surface area contributed by atoms with Gasteiger partial charge >= 0.3 is 0 Å². The SMILES string of the molecule is CCNc1ccc(S(=O)(=O)NCC2CCN(CC)C2)cc1. The van der Waals surface area contributed by atoms with E-state index in [2.05, 4.69) is 21.9 Å². The molecule has 1 aromatic carbocycles. The molecule has 2 N–H and O–H groups in total. The van der Waals surface area contributed by atoms with Crippen molar-refractivity contribution < 1.29 is 8.42 Å². The molecule has 0 radical (unpaired) electrons. The van der Waals surface area contributed by atoms with Gasteiger partial charge in [-0.1, -0.05) is 6.92 Å². The second-order valence-electron chi connectivity index (χ2n) is 5.45. The molecule has 0 saturated carbocycles. The van der Waals surface area contributed by atoms with Crippen molar-refractivity contribution in [2.75, 3.05) is 38.0 Å². The number of likely N-dealkylation sites (tertiary alicyclic amines) is 1. The van der Waals surface area contributed by atoms with Gasteiger partial charge in [0.15, 0.2) is 0 Å². The Balaban J connectivity index is 1.92. The van der Waals surface area contributed by atoms with Crippen LogP contribution in [0.2, 0.25) is 0 Å². The summed E-state index contributed by atoms with van der Waals surface area (Å²) in [6.45, 7) is 8.58. The van der Waals surface area contributed by atoms with Gasteiger partial charge in [0.2, 0.25) is 10.0 Å². The van der Waals surface area contributed by atoms with Gasteiger partial charge in [-0.25, -0.2) is 13.1 Å². The van der Waals surface area contributed by atoms with Crippen molar-refractivity contribution in [2.45, 2.75) is 25.2 Å². The third kappa shape index (κ3) is 4.43. The van der Waals surface area contributed by atoms with Crippen molar-refractivity contribution in [3.8, 4) is 0 Å². The molecule has 21 heavy (non-hydrogen) atoms. The monoisotopic (exact) mass is 311 g/mol. The molecular formula is C15H25N3O2S. The topological polar surface area (TPSA) is 61.4 Å². The van der Waals surface area contributed by atoms with Crippen molar-refractivity contribution >= 4 is 15.7 Å². The molecule has 6 heteroatoms. The molecule has 1 aliphatic heterocycles. The number of hydrogen-bond donors (Lipinski definition) is 2. The highest BCUT2D eigenvalue weighted by Crippen LogP contribution is 2.17. The van der Waals surface area contributed by atoms with Crippen molar-refractivity contribution in [1.29, 1.82) is 0 Å². The largest absolute Gasteiger partial charge is 0.385 e. The summed E-state index contributed by atoms with van der Waals surface area (Å²) >= 11 is 0. The van der Waals surface area contributed by atoms with Crippen LogP contribution in [0.15, 0.2) is 29.2 Å². The van der Waals surface area contributed by atoms with Gasteiger partial charge in [0, 0.05) is 25.3 Å². The molecule has 1 aliphatic rings. The zero-order valence-corrected chi connectivity index (χ0v) is 13.6. The van der Waals surface area contributed by atoms with Crippen LogP contribution in [0.25, 0.3) is 0 Å². The van der Waals surface area contributed by atoms with Gasteiger partial charge in [0.1, 0.15) is 0 Å². The van der Waals surface area contributed by atoms with Crippen molar-refractivity contribution in [2.24, 2.45) is 5.92 Å². The van der Waals surface area contributed by atoms with Gasteiger partial charge in [0.25, 0.3) is 0 Å². The molecule has 2 rings (SSSR count). The van der Waals surface area contributed by atoms with Gasteiger partial charge in [-0.05, 0) is 56.6 Å². The first-order chi connectivity index (χ1) is 10.0. The average molecular weight is 311 g/mol. The van der Waals surface area contributed by atoms with Crippen molar-refractivity contribution in [3.05, 3.63) is 24.3 Å². The third-order valence-electron chi connectivity index (χ3n) is 3.92. The Hall–Kier alpha value is -1.11. The molecule has 118 valence electrons. The van der Waals surface area contributed by atoms with E-state index in [0.29, 0.717) is 17.4 Å². The molecule has 1 atom stereocenters. The molecule has 1 heterocycles. The van der Waals surface area contributed by atoms with Crippen LogP contribution in [-0.4, -0.2) is 46.0 Å². The summed E-state index contributed by atoms with van der Waals surface area (Å²) in [6, 6.07) is 6.89. The summed E-state index contributed by atoms with van der Waals surface area (Å²) in [5, 5.41) is 3.15. The van der Waals surface area contributed by atoms with Crippen molar-refractivity contribution in [1.82, 2.24) is 9.62 Å². The average Bonchev–Trinajstić information content (AvgIpc) is 2.94. The Morgan fingerprint density at radius 1 is 1.24 bits per heavy atom. The number of benzene rings is 1. The molecule has 0 bridgehead atoms. The minimum Gasteiger partial charge on any atom is -0.385 e. The lowest BCUT2D eigenvalue weighted by Gasteiger charge is -2.14. The zero-order valence-electron chi connectivity index (χ0n) is 12.8. The standard InChI is InChI=1S/C15H25N3O2S/c1-3-16-14-5-7-15(8-6-14)21(19,20)17-11-13-9-10-18(4-2)12-13/h5-8,13,16-17H,3-4,9-12H2,1-2H3. The first-order valence-electron chi connectivity index (χ1n) is 7.61. The second-order valence-corrected chi connectivity index (χ2v) is 7.22. The lowest BCUT2D eigenvalue weighted by Crippen LogP contribution is -2.31. The van der Waals surface area contributed by atoms with E-state index >= 15 is 0 Å². The summed E-state index contributed by atoms with van der Waals surface area (Å²) in [5.74, 6) is 0.417. The van der Waals surface area contributed by atoms with Gasteiger partial charge in [-0.2, -0.15) is 0 Å². The maximum absolute atomic E-state index is 12.3. The minimum absolute atomic E-state index is 0.328. The fourth-order valence-electron chi connectivity index (χ4n) is 2.63. The maximum Gasteiger partial charge on any atom is 0.240 e. The summed E-state index contributed by atoms with van der Waals surface area (Å²) in [4.78, 5) is 2.68. The van der Waals surface area contributed by atoms with Crippen LogP contribution in [0.5, 0.6) is 0 Å². The van der Waals surface area contributed by atoms with E-state index < -0.39 is 10.0 Å². The second kappa shape index (κ2) is 7.24. The number of hydrogen-bond acceptors (Lipinski definition) is 4. The number of anilines is 1. The quantitative estimate of drug-likeness (QED) is 0.805. The van der Waals surface area contributed by atoms with Crippen LogP contribution in [0.1, 0.15) is 20.3 Å². The highest BCUT2D eigenvalue weighted by atomic mass is 32.2. The predicted octanol–water partition coefficient (Wildman–Crippen LogP) is 1.74. The van der Waals surface area contributed by atoms with Gasteiger partial charge in [-0.3, -0.25) is 0 Å². The molecule has 0 spiro atoms. The molecule has 5 nitrogen and oxygen atoms in total. The molecular weight excluding hydrogens is 286 g/mol. The molecule has 1 saturated heterocycles. The summed E-state index contributed by atoms with van der Waals surface area (Å²) < 4.78 is 27.3. The Morgan fingerprint density at radius 3 is 2.52 bits per heavy atom. The molecule has 1 aromatic rings. The lowest BCUT2D eigenvalue weighted by molar-refractivity contribution is 0.342. The molecule has 1 fully saturated rings.